The number of nitrogens with one attached hydrogen (secondary N) is 2. The minimum absolute atomic E-state index is 0. The van der Waals surface area contributed by atoms with Gasteiger partial charge in [0.25, 0.3) is 0 Å². The van der Waals surface area contributed by atoms with Gasteiger partial charge in [-0.1, -0.05) is 25.4 Å². The Bertz CT molecular complexity index is 447. The van der Waals surface area contributed by atoms with Crippen LogP contribution in [-0.2, 0) is 4.79 Å². The Morgan fingerprint density at radius 1 is 1.45 bits per heavy atom. The largest absolute Gasteiger partial charge is 0.387 e. The van der Waals surface area contributed by atoms with Gasteiger partial charge in [-0.25, -0.2) is 4.39 Å². The van der Waals surface area contributed by atoms with Gasteiger partial charge in [0, 0.05) is 19.5 Å². The molecule has 1 aromatic rings. The number of rotatable bonds is 5. The van der Waals surface area contributed by atoms with Gasteiger partial charge < -0.3 is 15.7 Å². The van der Waals surface area contributed by atoms with E-state index in [9.17, 15) is 14.3 Å². The molecule has 0 fully saturated rings. The minimum atomic E-state index is -0.860. The lowest BCUT2D eigenvalue weighted by Gasteiger charge is -2.16. The molecule has 1 aromatic carbocycles. The van der Waals surface area contributed by atoms with E-state index in [2.05, 4.69) is 10.6 Å². The molecule has 1 atom stereocenters. The Kier molecular flexibility index (Phi) is 8.05. The lowest BCUT2D eigenvalue weighted by atomic mass is 10.1. The van der Waals surface area contributed by atoms with Crippen molar-refractivity contribution in [3.63, 3.8) is 0 Å². The molecule has 20 heavy (non-hydrogen) atoms. The van der Waals surface area contributed by atoms with E-state index in [1.807, 2.05) is 13.8 Å². The average Bonchev–Trinajstić information content (AvgIpc) is 2.30. The van der Waals surface area contributed by atoms with Crippen LogP contribution < -0.4 is 10.6 Å². The first kappa shape index (κ1) is 19.1. The van der Waals surface area contributed by atoms with Gasteiger partial charge in [0.1, 0.15) is 5.82 Å². The molecule has 1 rings (SSSR count). The smallest absolute Gasteiger partial charge is 0.221 e. The first-order valence-corrected chi connectivity index (χ1v) is 6.37. The average molecular weight is 325 g/mol. The fourth-order valence-electron chi connectivity index (χ4n) is 1.55. The molecule has 4 nitrogen and oxygen atoms in total. The third-order valence-corrected chi connectivity index (χ3v) is 2.77. The van der Waals surface area contributed by atoms with E-state index in [1.54, 1.807) is 0 Å². The normalized spacial score (nSPS) is 11.9. The van der Waals surface area contributed by atoms with Crippen LogP contribution in [0.5, 0.6) is 0 Å². The van der Waals surface area contributed by atoms with E-state index < -0.39 is 17.8 Å². The summed E-state index contributed by atoms with van der Waals surface area (Å²) in [4.78, 5) is 10.9. The van der Waals surface area contributed by atoms with Crippen molar-refractivity contribution in [1.82, 2.24) is 5.32 Å². The molecule has 0 radical (unpaired) electrons. The maximum absolute atomic E-state index is 13.8. The zero-order valence-electron chi connectivity index (χ0n) is 11.5. The first-order valence-electron chi connectivity index (χ1n) is 5.99. The van der Waals surface area contributed by atoms with Crippen LogP contribution in [0.2, 0.25) is 5.02 Å². The molecule has 1 unspecified atom stereocenters. The highest BCUT2D eigenvalue weighted by Crippen LogP contribution is 2.29. The van der Waals surface area contributed by atoms with E-state index in [4.69, 9.17) is 11.6 Å². The summed E-state index contributed by atoms with van der Waals surface area (Å²) in [5.74, 6) is -1.07. The summed E-state index contributed by atoms with van der Waals surface area (Å²) in [7, 11) is 0. The van der Waals surface area contributed by atoms with Crippen molar-refractivity contribution in [2.45, 2.75) is 32.9 Å². The van der Waals surface area contributed by atoms with Gasteiger partial charge in [-0.05, 0) is 17.7 Å². The van der Waals surface area contributed by atoms with Crippen LogP contribution in [0, 0.1) is 5.82 Å². The van der Waals surface area contributed by atoms with Gasteiger partial charge in [0.05, 0.1) is 16.8 Å². The Morgan fingerprint density at radius 3 is 2.50 bits per heavy atom. The first-order chi connectivity index (χ1) is 8.81. The van der Waals surface area contributed by atoms with E-state index in [1.165, 1.54) is 19.1 Å². The lowest BCUT2D eigenvalue weighted by Crippen LogP contribution is -2.28. The Morgan fingerprint density at radius 2 is 2.05 bits per heavy atom. The molecule has 0 aliphatic rings. The zero-order chi connectivity index (χ0) is 14.6. The van der Waals surface area contributed by atoms with E-state index in [0.717, 1.165) is 0 Å². The number of benzene rings is 1. The Balaban J connectivity index is 0.00000361. The summed E-state index contributed by atoms with van der Waals surface area (Å²) in [5, 5.41) is 15.3. The number of halogens is 3. The maximum Gasteiger partial charge on any atom is 0.221 e. The summed E-state index contributed by atoms with van der Waals surface area (Å²) < 4.78 is 13.8. The number of aliphatic hydroxyl groups is 1. The Labute approximate surface area is 129 Å². The second kappa shape index (κ2) is 8.42. The maximum atomic E-state index is 13.8. The topological polar surface area (TPSA) is 61.4 Å². The van der Waals surface area contributed by atoms with Gasteiger partial charge in [0.15, 0.2) is 0 Å². The minimum Gasteiger partial charge on any atom is -0.387 e. The van der Waals surface area contributed by atoms with Crippen molar-refractivity contribution in [3.05, 3.63) is 28.5 Å². The quantitative estimate of drug-likeness (QED) is 0.780. The molecule has 0 aliphatic heterocycles. The molecule has 0 saturated heterocycles. The van der Waals surface area contributed by atoms with Gasteiger partial charge in [-0.3, -0.25) is 4.79 Å². The molecule has 0 heterocycles. The van der Waals surface area contributed by atoms with E-state index in [0.29, 0.717) is 12.1 Å². The van der Waals surface area contributed by atoms with Crippen molar-refractivity contribution in [1.29, 1.82) is 0 Å². The molecule has 0 aliphatic carbocycles. The highest BCUT2D eigenvalue weighted by Gasteiger charge is 2.15. The molecule has 3 N–H and O–H groups in total. The summed E-state index contributed by atoms with van der Waals surface area (Å²) in [6.07, 6.45) is -0.860. The van der Waals surface area contributed by atoms with Crippen molar-refractivity contribution in [3.8, 4) is 0 Å². The summed E-state index contributed by atoms with van der Waals surface area (Å²) in [6, 6.07) is 2.83. The zero-order valence-corrected chi connectivity index (χ0v) is 13.1. The molecular weight excluding hydrogens is 306 g/mol. The van der Waals surface area contributed by atoms with Gasteiger partial charge in [-0.2, -0.15) is 0 Å². The highest BCUT2D eigenvalue weighted by atomic mass is 35.5. The second-order valence-electron chi connectivity index (χ2n) is 4.62. The number of carbonyl (C=O) groups excluding carboxylic acids is 1. The summed E-state index contributed by atoms with van der Waals surface area (Å²) >= 11 is 5.90. The van der Waals surface area contributed by atoms with Crippen molar-refractivity contribution >= 4 is 35.6 Å². The number of amides is 1. The van der Waals surface area contributed by atoms with Crippen molar-refractivity contribution in [2.24, 2.45) is 0 Å². The molecule has 0 saturated carbocycles. The van der Waals surface area contributed by atoms with Gasteiger partial charge in [0.2, 0.25) is 5.91 Å². The summed E-state index contributed by atoms with van der Waals surface area (Å²) in [6.45, 7) is 5.46. The van der Waals surface area contributed by atoms with Crippen LogP contribution >= 0.6 is 24.0 Å². The Hall–Kier alpha value is -0.880. The molecule has 0 bridgehead atoms. The number of anilines is 1. The lowest BCUT2D eigenvalue weighted by molar-refractivity contribution is -0.114. The van der Waals surface area contributed by atoms with Crippen LogP contribution in [-0.4, -0.2) is 23.6 Å². The standard InChI is InChI=1S/C13H18ClFN2O2.ClH/c1-7(2)16-6-12(19)9-4-10(14)13(11(15)5-9)17-8(3)18;/h4-5,7,12,16,19H,6H2,1-3H3,(H,17,18);1H. The molecule has 0 spiro atoms. The van der Waals surface area contributed by atoms with Crippen LogP contribution in [0.1, 0.15) is 32.4 Å². The van der Waals surface area contributed by atoms with Crippen LogP contribution in [0.4, 0.5) is 10.1 Å². The van der Waals surface area contributed by atoms with Crippen LogP contribution in [0.15, 0.2) is 12.1 Å². The predicted molar refractivity (Wildman–Crippen MR) is 81.1 cm³/mol. The highest BCUT2D eigenvalue weighted by molar-refractivity contribution is 6.33. The monoisotopic (exact) mass is 324 g/mol. The van der Waals surface area contributed by atoms with E-state index >= 15 is 0 Å². The van der Waals surface area contributed by atoms with Crippen LogP contribution in [0.25, 0.3) is 0 Å². The predicted octanol–water partition coefficient (Wildman–Crippen LogP) is 2.89. The third-order valence-electron chi connectivity index (χ3n) is 2.47. The molecule has 114 valence electrons. The fourth-order valence-corrected chi connectivity index (χ4v) is 1.81. The van der Waals surface area contributed by atoms with E-state index in [-0.39, 0.29) is 29.2 Å². The summed E-state index contributed by atoms with van der Waals surface area (Å²) in [5.41, 5.74) is 0.298. The number of aliphatic hydroxyl groups excluding tert-OH is 1. The van der Waals surface area contributed by atoms with Crippen LogP contribution in [0.3, 0.4) is 0 Å². The number of hydrogen-bond donors (Lipinski definition) is 3. The van der Waals surface area contributed by atoms with Gasteiger partial charge >= 0.3 is 0 Å². The fraction of sp³-hybridized carbons (Fsp3) is 0.462. The van der Waals surface area contributed by atoms with Gasteiger partial charge in [-0.15, -0.1) is 12.4 Å². The van der Waals surface area contributed by atoms with Crippen molar-refractivity contribution < 1.29 is 14.3 Å². The second-order valence-corrected chi connectivity index (χ2v) is 5.03. The molecular formula is C13H19Cl2FN2O2. The molecule has 1 amide bonds. The number of carbonyl (C=O) groups is 1. The SMILES string of the molecule is CC(=O)Nc1c(F)cc(C(O)CNC(C)C)cc1Cl.Cl. The number of hydrogen-bond acceptors (Lipinski definition) is 3. The van der Waals surface area contributed by atoms with Crippen molar-refractivity contribution in [2.75, 3.05) is 11.9 Å². The third kappa shape index (κ3) is 5.63. The molecule has 0 aromatic heterocycles. The molecule has 7 heteroatoms.